The molecule has 0 spiro atoms. The molecular weight excluding hydrogens is 335 g/mol. The average molecular weight is 353 g/mol. The Morgan fingerprint density at radius 2 is 2.18 bits per heavy atom. The number of ether oxygens (including phenoxy) is 1. The van der Waals surface area contributed by atoms with Gasteiger partial charge in [-0.15, -0.1) is 10.1 Å². The molecule has 2 atom stereocenters. The zero-order valence-corrected chi connectivity index (χ0v) is 13.5. The number of hydrogen-bond donors (Lipinski definition) is 2. The lowest BCUT2D eigenvalue weighted by Gasteiger charge is -2.17. The van der Waals surface area contributed by atoms with Gasteiger partial charge in [-0.25, -0.2) is 0 Å². The van der Waals surface area contributed by atoms with Crippen LogP contribution in [0.3, 0.4) is 0 Å². The van der Waals surface area contributed by atoms with Crippen LogP contribution in [-0.2, 0) is 4.84 Å². The molecule has 0 radical (unpaired) electrons. The second-order valence-electron chi connectivity index (χ2n) is 4.69. The van der Waals surface area contributed by atoms with Crippen LogP contribution < -0.4 is 10.1 Å². The van der Waals surface area contributed by atoms with E-state index in [1.807, 2.05) is 6.92 Å². The van der Waals surface area contributed by atoms with Gasteiger partial charge in [-0.3, -0.25) is 0 Å². The second-order valence-corrected chi connectivity index (χ2v) is 5.54. The molecule has 0 aliphatic heterocycles. The van der Waals surface area contributed by atoms with Crippen molar-refractivity contribution in [3.05, 3.63) is 38.4 Å². The highest BCUT2D eigenvalue weighted by molar-refractivity contribution is 6.34. The number of aliphatic hydroxyl groups excluding tert-OH is 1. The maximum atomic E-state index is 10.0. The van der Waals surface area contributed by atoms with Crippen LogP contribution in [0, 0.1) is 10.1 Å². The van der Waals surface area contributed by atoms with Crippen LogP contribution in [-0.4, -0.2) is 42.1 Å². The van der Waals surface area contributed by atoms with Gasteiger partial charge in [0.15, 0.2) is 0 Å². The molecule has 2 unspecified atom stereocenters. The molecule has 0 aliphatic rings. The van der Waals surface area contributed by atoms with E-state index in [1.54, 1.807) is 18.2 Å². The van der Waals surface area contributed by atoms with Crippen molar-refractivity contribution in [2.75, 3.05) is 19.8 Å². The zero-order valence-electron chi connectivity index (χ0n) is 12.0. The molecule has 0 amide bonds. The largest absolute Gasteiger partial charge is 0.489 e. The number of aliphatic hydroxyl groups is 1. The van der Waals surface area contributed by atoms with Crippen molar-refractivity contribution >= 4 is 23.2 Å². The lowest BCUT2D eigenvalue weighted by molar-refractivity contribution is -0.757. The van der Waals surface area contributed by atoms with Crippen molar-refractivity contribution in [2.24, 2.45) is 0 Å². The fourth-order valence-electron chi connectivity index (χ4n) is 1.58. The maximum absolute atomic E-state index is 10.0. The quantitative estimate of drug-likeness (QED) is 0.495. The van der Waals surface area contributed by atoms with Gasteiger partial charge in [0.1, 0.15) is 18.5 Å². The van der Waals surface area contributed by atoms with E-state index in [4.69, 9.17) is 27.9 Å². The minimum atomic E-state index is -0.829. The third kappa shape index (κ3) is 7.65. The summed E-state index contributed by atoms with van der Waals surface area (Å²) in [5, 5.41) is 22.9. The Morgan fingerprint density at radius 3 is 2.86 bits per heavy atom. The molecule has 0 saturated carbocycles. The Hall–Kier alpha value is -1.28. The summed E-state index contributed by atoms with van der Waals surface area (Å²) in [6.07, 6.45) is -0.303. The first-order chi connectivity index (χ1) is 10.4. The van der Waals surface area contributed by atoms with Gasteiger partial charge in [-0.1, -0.05) is 23.2 Å². The summed E-state index contributed by atoms with van der Waals surface area (Å²) in [6, 6.07) is 4.79. The van der Waals surface area contributed by atoms with Crippen LogP contribution in [0.4, 0.5) is 0 Å². The Bertz CT molecular complexity index is 489. The molecule has 1 rings (SSSR count). The van der Waals surface area contributed by atoms with Crippen LogP contribution in [0.1, 0.15) is 13.3 Å². The van der Waals surface area contributed by atoms with Crippen LogP contribution in [0.25, 0.3) is 0 Å². The van der Waals surface area contributed by atoms with Gasteiger partial charge < -0.3 is 20.0 Å². The van der Waals surface area contributed by atoms with Gasteiger partial charge in [0.2, 0.25) is 0 Å². The highest BCUT2D eigenvalue weighted by Crippen LogP contribution is 2.27. The fraction of sp³-hybridized carbons (Fsp3) is 0.538. The van der Waals surface area contributed by atoms with Gasteiger partial charge in [-0.2, -0.15) is 0 Å². The van der Waals surface area contributed by atoms with Crippen molar-refractivity contribution in [3.8, 4) is 5.75 Å². The Kier molecular flexibility index (Phi) is 8.26. The van der Waals surface area contributed by atoms with Crippen molar-refractivity contribution in [2.45, 2.75) is 25.5 Å². The zero-order chi connectivity index (χ0) is 16.5. The molecule has 2 N–H and O–H groups in total. The molecule has 1 aromatic carbocycles. The van der Waals surface area contributed by atoms with Crippen molar-refractivity contribution in [1.82, 2.24) is 5.32 Å². The van der Waals surface area contributed by atoms with Crippen LogP contribution in [0.5, 0.6) is 5.75 Å². The highest BCUT2D eigenvalue weighted by Gasteiger charge is 2.10. The average Bonchev–Trinajstić information content (AvgIpc) is 2.45. The topological polar surface area (TPSA) is 93.9 Å². The molecule has 124 valence electrons. The predicted octanol–water partition coefficient (Wildman–Crippen LogP) is 2.31. The van der Waals surface area contributed by atoms with Gasteiger partial charge in [-0.05, 0) is 25.5 Å². The number of halogens is 2. The number of nitrogens with one attached hydrogen (secondary N) is 1. The van der Waals surface area contributed by atoms with E-state index >= 15 is 0 Å². The van der Waals surface area contributed by atoms with E-state index in [9.17, 15) is 15.2 Å². The normalized spacial score (nSPS) is 13.5. The molecule has 1 aromatic rings. The van der Waals surface area contributed by atoms with Crippen molar-refractivity contribution < 1.29 is 19.8 Å². The fourth-order valence-corrected chi connectivity index (χ4v) is 1.91. The van der Waals surface area contributed by atoms with E-state index in [-0.39, 0.29) is 25.8 Å². The SMILES string of the molecule is CC(CCO[N+](=O)[O-])NCC(O)COc1cc(Cl)ccc1Cl. The summed E-state index contributed by atoms with van der Waals surface area (Å²) >= 11 is 11.8. The monoisotopic (exact) mass is 352 g/mol. The summed E-state index contributed by atoms with van der Waals surface area (Å²) in [5.74, 6) is 0.403. The van der Waals surface area contributed by atoms with Crippen molar-refractivity contribution in [1.29, 1.82) is 0 Å². The minimum Gasteiger partial charge on any atom is -0.489 e. The van der Waals surface area contributed by atoms with Crippen LogP contribution in [0.2, 0.25) is 10.0 Å². The van der Waals surface area contributed by atoms with E-state index in [0.717, 1.165) is 0 Å². The number of nitrogens with zero attached hydrogens (tertiary/aromatic N) is 1. The van der Waals surface area contributed by atoms with E-state index in [2.05, 4.69) is 10.2 Å². The van der Waals surface area contributed by atoms with Gasteiger partial charge in [0, 0.05) is 23.7 Å². The van der Waals surface area contributed by atoms with Crippen LogP contribution >= 0.6 is 23.2 Å². The number of hydrogen-bond acceptors (Lipinski definition) is 6. The number of benzene rings is 1. The smallest absolute Gasteiger partial charge is 0.294 e. The molecule has 0 heterocycles. The summed E-state index contributed by atoms with van der Waals surface area (Å²) in [4.78, 5) is 14.2. The summed E-state index contributed by atoms with van der Waals surface area (Å²) in [5.41, 5.74) is 0. The van der Waals surface area contributed by atoms with Gasteiger partial charge in [0.25, 0.3) is 5.09 Å². The first-order valence-electron chi connectivity index (χ1n) is 6.65. The summed E-state index contributed by atoms with van der Waals surface area (Å²) in [7, 11) is 0. The molecule has 0 saturated heterocycles. The number of rotatable bonds is 10. The van der Waals surface area contributed by atoms with Gasteiger partial charge >= 0.3 is 0 Å². The molecule has 9 heteroatoms. The lowest BCUT2D eigenvalue weighted by Crippen LogP contribution is -2.37. The second kappa shape index (κ2) is 9.68. The highest BCUT2D eigenvalue weighted by atomic mass is 35.5. The third-order valence-corrected chi connectivity index (χ3v) is 3.32. The predicted molar refractivity (Wildman–Crippen MR) is 83.0 cm³/mol. The van der Waals surface area contributed by atoms with Gasteiger partial charge in [0.05, 0.1) is 11.6 Å². The Morgan fingerprint density at radius 1 is 1.45 bits per heavy atom. The molecule has 0 aliphatic carbocycles. The maximum Gasteiger partial charge on any atom is 0.294 e. The standard InChI is InChI=1S/C13H18Cl2N2O5/c1-9(4-5-22-17(19)20)16-7-11(18)8-21-13-6-10(14)2-3-12(13)15/h2-3,6,9,11,16,18H,4-5,7-8H2,1H3. The minimum absolute atomic E-state index is 0.00584. The first-order valence-corrected chi connectivity index (χ1v) is 7.40. The summed E-state index contributed by atoms with van der Waals surface area (Å²) < 4.78 is 5.40. The van der Waals surface area contributed by atoms with E-state index in [1.165, 1.54) is 0 Å². The molecule has 22 heavy (non-hydrogen) atoms. The van der Waals surface area contributed by atoms with Crippen LogP contribution in [0.15, 0.2) is 18.2 Å². The first kappa shape index (κ1) is 18.8. The lowest BCUT2D eigenvalue weighted by atomic mass is 10.2. The van der Waals surface area contributed by atoms with E-state index in [0.29, 0.717) is 22.2 Å². The molecule has 0 bridgehead atoms. The summed E-state index contributed by atoms with van der Waals surface area (Å²) in [6.45, 7) is 2.17. The molecule has 0 aromatic heterocycles. The third-order valence-electron chi connectivity index (χ3n) is 2.77. The Balaban J connectivity index is 2.24. The Labute approximate surface area is 138 Å². The van der Waals surface area contributed by atoms with Crippen molar-refractivity contribution in [3.63, 3.8) is 0 Å². The molecule has 7 nitrogen and oxygen atoms in total. The molecular formula is C13H18Cl2N2O5. The van der Waals surface area contributed by atoms with E-state index < -0.39 is 11.2 Å². The molecule has 0 fully saturated rings.